The second-order valence-electron chi connectivity index (χ2n) is 4.37. The Labute approximate surface area is 121 Å². The molecule has 2 rings (SSSR count). The number of thioether (sulfide) groups is 1. The van der Waals surface area contributed by atoms with Gasteiger partial charge in [-0.1, -0.05) is 30.0 Å². The molecule has 1 aromatic heterocycles. The van der Waals surface area contributed by atoms with Crippen molar-refractivity contribution in [3.63, 3.8) is 0 Å². The lowest BCUT2D eigenvalue weighted by Gasteiger charge is -2.15. The topological polar surface area (TPSA) is 75.3 Å². The standard InChI is InChI=1S/C14H16N2O3S/c1-10(17)20-9-13(18)14(19)11-7-15-16(8-11)12-5-3-2-4-6-12/h2-8,13-14,18-19H,9H2,1H3. The fourth-order valence-corrected chi connectivity index (χ4v) is 2.32. The molecule has 0 amide bonds. The van der Waals surface area contributed by atoms with Crippen molar-refractivity contribution in [2.45, 2.75) is 19.1 Å². The summed E-state index contributed by atoms with van der Waals surface area (Å²) in [5, 5.41) is 23.9. The molecule has 1 heterocycles. The molecule has 0 aliphatic heterocycles. The third-order valence-corrected chi connectivity index (χ3v) is 3.70. The van der Waals surface area contributed by atoms with Gasteiger partial charge in [-0.25, -0.2) is 4.68 Å². The molecule has 1 aromatic carbocycles. The average Bonchev–Trinajstić information content (AvgIpc) is 2.94. The Balaban J connectivity index is 2.06. The van der Waals surface area contributed by atoms with Gasteiger partial charge in [0.1, 0.15) is 6.10 Å². The number of carbonyl (C=O) groups excluding carboxylic acids is 1. The van der Waals surface area contributed by atoms with Crippen molar-refractivity contribution in [3.05, 3.63) is 48.3 Å². The fourth-order valence-electron chi connectivity index (χ4n) is 1.73. The van der Waals surface area contributed by atoms with E-state index in [1.165, 1.54) is 13.1 Å². The van der Waals surface area contributed by atoms with Gasteiger partial charge in [-0.2, -0.15) is 5.10 Å². The number of hydrogen-bond donors (Lipinski definition) is 2. The molecule has 2 aromatic rings. The molecule has 0 aliphatic carbocycles. The van der Waals surface area contributed by atoms with Gasteiger partial charge in [0.2, 0.25) is 0 Å². The molecule has 0 saturated carbocycles. The maximum absolute atomic E-state index is 10.9. The van der Waals surface area contributed by atoms with Crippen molar-refractivity contribution in [1.82, 2.24) is 9.78 Å². The lowest BCUT2D eigenvalue weighted by molar-refractivity contribution is -0.109. The quantitative estimate of drug-likeness (QED) is 0.874. The van der Waals surface area contributed by atoms with Crippen LogP contribution in [0.25, 0.3) is 5.69 Å². The molecule has 2 N–H and O–H groups in total. The minimum Gasteiger partial charge on any atom is -0.389 e. The van der Waals surface area contributed by atoms with Crippen LogP contribution in [0.15, 0.2) is 42.7 Å². The first-order chi connectivity index (χ1) is 9.58. The molecule has 6 heteroatoms. The van der Waals surface area contributed by atoms with Crippen LogP contribution < -0.4 is 0 Å². The van der Waals surface area contributed by atoms with Gasteiger partial charge in [-0.05, 0) is 12.1 Å². The van der Waals surface area contributed by atoms with E-state index in [2.05, 4.69) is 5.10 Å². The van der Waals surface area contributed by atoms with Gasteiger partial charge in [-0.15, -0.1) is 0 Å². The van der Waals surface area contributed by atoms with Crippen LogP contribution in [0.3, 0.4) is 0 Å². The van der Waals surface area contributed by atoms with E-state index in [0.29, 0.717) is 5.56 Å². The Morgan fingerprint density at radius 2 is 2.05 bits per heavy atom. The van der Waals surface area contributed by atoms with Crippen molar-refractivity contribution < 1.29 is 15.0 Å². The van der Waals surface area contributed by atoms with Gasteiger partial charge in [0.15, 0.2) is 5.12 Å². The Hall–Kier alpha value is -1.63. The van der Waals surface area contributed by atoms with Crippen LogP contribution in [0.2, 0.25) is 0 Å². The molecule has 0 saturated heterocycles. The third-order valence-electron chi connectivity index (χ3n) is 2.79. The van der Waals surface area contributed by atoms with Crippen LogP contribution >= 0.6 is 11.8 Å². The first-order valence-corrected chi connectivity index (χ1v) is 7.16. The first-order valence-electron chi connectivity index (χ1n) is 6.17. The maximum atomic E-state index is 10.9. The zero-order valence-electron chi connectivity index (χ0n) is 11.0. The largest absolute Gasteiger partial charge is 0.389 e. The van der Waals surface area contributed by atoms with Crippen molar-refractivity contribution in [3.8, 4) is 5.69 Å². The van der Waals surface area contributed by atoms with E-state index >= 15 is 0 Å². The van der Waals surface area contributed by atoms with Crippen LogP contribution in [0, 0.1) is 0 Å². The molecule has 2 unspecified atom stereocenters. The number of hydrogen-bond acceptors (Lipinski definition) is 5. The highest BCUT2D eigenvalue weighted by molar-refractivity contribution is 8.13. The molecule has 0 bridgehead atoms. The third kappa shape index (κ3) is 3.69. The molecule has 0 fully saturated rings. The fraction of sp³-hybridized carbons (Fsp3) is 0.286. The summed E-state index contributed by atoms with van der Waals surface area (Å²) in [6.45, 7) is 1.43. The lowest BCUT2D eigenvalue weighted by atomic mass is 10.1. The van der Waals surface area contributed by atoms with Crippen LogP contribution in [0.1, 0.15) is 18.6 Å². The normalized spacial score (nSPS) is 13.9. The predicted molar refractivity (Wildman–Crippen MR) is 77.7 cm³/mol. The Bertz CT molecular complexity index is 571. The van der Waals surface area contributed by atoms with E-state index in [-0.39, 0.29) is 10.9 Å². The van der Waals surface area contributed by atoms with Gasteiger partial charge in [-0.3, -0.25) is 4.79 Å². The molecular formula is C14H16N2O3S. The number of rotatable bonds is 5. The van der Waals surface area contributed by atoms with Gasteiger partial charge in [0.05, 0.1) is 18.0 Å². The summed E-state index contributed by atoms with van der Waals surface area (Å²) < 4.78 is 1.63. The second-order valence-corrected chi connectivity index (χ2v) is 5.57. The summed E-state index contributed by atoms with van der Waals surface area (Å²) >= 11 is 0.989. The van der Waals surface area contributed by atoms with E-state index in [4.69, 9.17) is 0 Å². The molecule has 0 radical (unpaired) electrons. The lowest BCUT2D eigenvalue weighted by Crippen LogP contribution is -2.21. The van der Waals surface area contributed by atoms with Gasteiger partial charge in [0, 0.05) is 24.4 Å². The zero-order valence-corrected chi connectivity index (χ0v) is 11.8. The van der Waals surface area contributed by atoms with E-state index in [9.17, 15) is 15.0 Å². The highest BCUT2D eigenvalue weighted by atomic mass is 32.2. The number of para-hydroxylation sites is 1. The van der Waals surface area contributed by atoms with Crippen LogP contribution in [0.5, 0.6) is 0 Å². The number of nitrogens with zero attached hydrogens (tertiary/aromatic N) is 2. The van der Waals surface area contributed by atoms with E-state index in [0.717, 1.165) is 17.4 Å². The van der Waals surface area contributed by atoms with Crippen LogP contribution in [-0.4, -0.2) is 37.0 Å². The van der Waals surface area contributed by atoms with Crippen LogP contribution in [-0.2, 0) is 4.79 Å². The molecule has 0 spiro atoms. The summed E-state index contributed by atoms with van der Waals surface area (Å²) in [5.41, 5.74) is 1.39. The molecule has 5 nitrogen and oxygen atoms in total. The van der Waals surface area contributed by atoms with Crippen molar-refractivity contribution in [1.29, 1.82) is 0 Å². The average molecular weight is 292 g/mol. The summed E-state index contributed by atoms with van der Waals surface area (Å²) in [7, 11) is 0. The maximum Gasteiger partial charge on any atom is 0.185 e. The highest BCUT2D eigenvalue weighted by Gasteiger charge is 2.20. The van der Waals surface area contributed by atoms with Crippen LogP contribution in [0.4, 0.5) is 0 Å². The summed E-state index contributed by atoms with van der Waals surface area (Å²) in [5.74, 6) is 0.160. The minimum absolute atomic E-state index is 0.0868. The van der Waals surface area contributed by atoms with Crippen molar-refractivity contribution >= 4 is 16.9 Å². The molecule has 2 atom stereocenters. The number of benzene rings is 1. The number of aliphatic hydroxyl groups is 2. The molecule has 0 aliphatic rings. The molecule has 20 heavy (non-hydrogen) atoms. The van der Waals surface area contributed by atoms with Gasteiger partial charge < -0.3 is 10.2 Å². The summed E-state index contributed by atoms with van der Waals surface area (Å²) in [6, 6.07) is 9.48. The Kier molecular flexibility index (Phi) is 4.94. The Morgan fingerprint density at radius 3 is 2.70 bits per heavy atom. The number of aromatic nitrogens is 2. The van der Waals surface area contributed by atoms with E-state index < -0.39 is 12.2 Å². The van der Waals surface area contributed by atoms with Crippen molar-refractivity contribution in [2.75, 3.05) is 5.75 Å². The highest BCUT2D eigenvalue weighted by Crippen LogP contribution is 2.20. The first kappa shape index (κ1) is 14.8. The van der Waals surface area contributed by atoms with Gasteiger partial charge in [0.25, 0.3) is 0 Å². The molecule has 106 valence electrons. The summed E-state index contributed by atoms with van der Waals surface area (Å²) in [6.07, 6.45) is 1.12. The second kappa shape index (κ2) is 6.69. The SMILES string of the molecule is CC(=O)SCC(O)C(O)c1cnn(-c2ccccc2)c1. The Morgan fingerprint density at radius 1 is 1.35 bits per heavy atom. The minimum atomic E-state index is -1.06. The summed E-state index contributed by atoms with van der Waals surface area (Å²) in [4.78, 5) is 10.9. The monoisotopic (exact) mass is 292 g/mol. The predicted octanol–water partition coefficient (Wildman–Crippen LogP) is 1.55. The molecular weight excluding hydrogens is 276 g/mol. The number of carbonyl (C=O) groups is 1. The van der Waals surface area contributed by atoms with E-state index in [1.54, 1.807) is 10.9 Å². The van der Waals surface area contributed by atoms with E-state index in [1.807, 2.05) is 30.3 Å². The van der Waals surface area contributed by atoms with Gasteiger partial charge >= 0.3 is 0 Å². The zero-order chi connectivity index (χ0) is 14.5. The van der Waals surface area contributed by atoms with Crippen molar-refractivity contribution in [2.24, 2.45) is 0 Å². The smallest absolute Gasteiger partial charge is 0.185 e. The number of aliphatic hydroxyl groups excluding tert-OH is 2.